The first kappa shape index (κ1) is 36.1. The SMILES string of the molecule is COc1nc(N2CCN(C(=O)/C(F)=C/c3ncccn3)C(CC#N)C2)c2ccc(-c3cccc4cccc(Cl)c34)c(F)c2n1.FC1CC2CCCN2C1. The number of carbonyl (C=O) groups is 1. The number of anilines is 1. The zero-order valence-corrected chi connectivity index (χ0v) is 29.7. The van der Waals surface area contributed by atoms with Crippen molar-refractivity contribution in [1.29, 1.82) is 5.26 Å². The number of benzene rings is 3. The smallest absolute Gasteiger partial charge is 0.318 e. The van der Waals surface area contributed by atoms with E-state index in [1.165, 1.54) is 37.2 Å². The van der Waals surface area contributed by atoms with Crippen LogP contribution in [0, 0.1) is 17.1 Å². The second kappa shape index (κ2) is 15.7. The highest BCUT2D eigenvalue weighted by Gasteiger charge is 2.35. The minimum Gasteiger partial charge on any atom is -0.467 e. The number of ether oxygens (including phenoxy) is 1. The van der Waals surface area contributed by atoms with Crippen molar-refractivity contribution >= 4 is 51.1 Å². The van der Waals surface area contributed by atoms with E-state index >= 15 is 4.39 Å². The van der Waals surface area contributed by atoms with Gasteiger partial charge in [0.2, 0.25) is 0 Å². The molecule has 0 aliphatic carbocycles. The number of nitriles is 1. The number of halogens is 4. The first-order chi connectivity index (χ1) is 25.7. The van der Waals surface area contributed by atoms with Gasteiger partial charge in [0.1, 0.15) is 17.5 Å². The van der Waals surface area contributed by atoms with E-state index in [0.29, 0.717) is 39.9 Å². The lowest BCUT2D eigenvalue weighted by Crippen LogP contribution is -2.55. The van der Waals surface area contributed by atoms with Crippen LogP contribution in [0.5, 0.6) is 6.01 Å². The number of carbonyl (C=O) groups excluding carboxylic acids is 1. The molecule has 3 saturated heterocycles. The lowest BCUT2D eigenvalue weighted by atomic mass is 9.96. The van der Waals surface area contributed by atoms with Crippen LogP contribution in [0.1, 0.15) is 31.5 Å². The van der Waals surface area contributed by atoms with Gasteiger partial charge < -0.3 is 14.5 Å². The summed E-state index contributed by atoms with van der Waals surface area (Å²) in [5, 5.41) is 12.0. The molecule has 0 bridgehead atoms. The average Bonchev–Trinajstić information content (AvgIpc) is 3.76. The first-order valence-electron chi connectivity index (χ1n) is 17.4. The van der Waals surface area contributed by atoms with Gasteiger partial charge >= 0.3 is 6.01 Å². The maximum atomic E-state index is 16.3. The molecule has 3 unspecified atom stereocenters. The van der Waals surface area contributed by atoms with E-state index < -0.39 is 29.8 Å². The Morgan fingerprint density at radius 2 is 1.83 bits per heavy atom. The molecule has 14 heteroatoms. The number of hydrogen-bond donors (Lipinski definition) is 0. The number of nitrogens with zero attached hydrogens (tertiary/aromatic N) is 8. The van der Waals surface area contributed by atoms with Crippen molar-refractivity contribution in [3.8, 4) is 23.2 Å². The van der Waals surface area contributed by atoms with Gasteiger partial charge in [-0.25, -0.2) is 23.1 Å². The third-order valence-electron chi connectivity index (χ3n) is 9.97. The van der Waals surface area contributed by atoms with E-state index in [-0.39, 0.29) is 43.4 Å². The quantitative estimate of drug-likeness (QED) is 0.167. The Kier molecular flexibility index (Phi) is 10.7. The van der Waals surface area contributed by atoms with Gasteiger partial charge in [-0.3, -0.25) is 9.69 Å². The van der Waals surface area contributed by atoms with Crippen LogP contribution in [0.25, 0.3) is 38.9 Å². The normalized spacial score (nSPS) is 20.2. The monoisotopic (exact) mass is 740 g/mol. The summed E-state index contributed by atoms with van der Waals surface area (Å²) < 4.78 is 49.3. The van der Waals surface area contributed by atoms with E-state index in [1.54, 1.807) is 30.3 Å². The molecule has 53 heavy (non-hydrogen) atoms. The summed E-state index contributed by atoms with van der Waals surface area (Å²) in [6.07, 6.45) is 6.60. The first-order valence-corrected chi connectivity index (χ1v) is 17.8. The van der Waals surface area contributed by atoms with Gasteiger partial charge in [0, 0.05) is 72.0 Å². The van der Waals surface area contributed by atoms with Crippen molar-refractivity contribution < 1.29 is 22.7 Å². The van der Waals surface area contributed by atoms with Gasteiger partial charge in [-0.15, -0.1) is 0 Å². The topological polar surface area (TPSA) is 111 Å². The number of alkyl halides is 1. The van der Waals surface area contributed by atoms with E-state index in [1.807, 2.05) is 29.2 Å². The zero-order chi connectivity index (χ0) is 37.1. The predicted molar refractivity (Wildman–Crippen MR) is 197 cm³/mol. The summed E-state index contributed by atoms with van der Waals surface area (Å²) in [6.45, 7) is 2.33. The number of hydrogen-bond acceptors (Lipinski definition) is 9. The second-order valence-electron chi connectivity index (χ2n) is 13.2. The lowest BCUT2D eigenvalue weighted by molar-refractivity contribution is -0.131. The Morgan fingerprint density at radius 1 is 1.04 bits per heavy atom. The second-order valence-corrected chi connectivity index (χ2v) is 13.6. The molecule has 3 aliphatic rings. The van der Waals surface area contributed by atoms with Gasteiger partial charge in [-0.2, -0.15) is 15.2 Å². The molecule has 2 aromatic heterocycles. The molecule has 5 heterocycles. The number of piperazine rings is 1. The zero-order valence-electron chi connectivity index (χ0n) is 28.9. The summed E-state index contributed by atoms with van der Waals surface area (Å²) in [7, 11) is 1.39. The molecule has 10 nitrogen and oxygen atoms in total. The highest BCUT2D eigenvalue weighted by Crippen LogP contribution is 2.39. The van der Waals surface area contributed by atoms with Gasteiger partial charge in [-0.05, 0) is 55.0 Å². The number of fused-ring (bicyclic) bond motifs is 3. The largest absolute Gasteiger partial charge is 0.467 e. The van der Waals surface area contributed by atoms with Crippen molar-refractivity contribution in [1.82, 2.24) is 29.7 Å². The minimum absolute atomic E-state index is 0.0422. The molecule has 272 valence electrons. The van der Waals surface area contributed by atoms with Crippen LogP contribution < -0.4 is 9.64 Å². The summed E-state index contributed by atoms with van der Waals surface area (Å²) >= 11 is 6.53. The molecule has 0 saturated carbocycles. The summed E-state index contributed by atoms with van der Waals surface area (Å²) in [5.74, 6) is -2.05. The van der Waals surface area contributed by atoms with Crippen LogP contribution in [0.3, 0.4) is 0 Å². The fourth-order valence-corrected chi connectivity index (χ4v) is 7.79. The fourth-order valence-electron chi connectivity index (χ4n) is 7.50. The van der Waals surface area contributed by atoms with Gasteiger partial charge in [0.05, 0.1) is 25.6 Å². The van der Waals surface area contributed by atoms with Crippen LogP contribution in [0.2, 0.25) is 5.02 Å². The van der Waals surface area contributed by atoms with Gasteiger partial charge in [0.15, 0.2) is 17.5 Å². The van der Waals surface area contributed by atoms with Crippen LogP contribution in [0.4, 0.5) is 19.0 Å². The van der Waals surface area contributed by atoms with Crippen molar-refractivity contribution in [2.75, 3.05) is 44.7 Å². The van der Waals surface area contributed by atoms with E-state index in [4.69, 9.17) is 16.3 Å². The molecular formula is C39H36ClF3N8O2. The molecule has 0 spiro atoms. The van der Waals surface area contributed by atoms with Crippen molar-refractivity contribution in [2.24, 2.45) is 0 Å². The molecule has 3 fully saturated rings. The van der Waals surface area contributed by atoms with Crippen molar-refractivity contribution in [3.63, 3.8) is 0 Å². The van der Waals surface area contributed by atoms with Gasteiger partial charge in [-0.1, -0.05) is 48.0 Å². The van der Waals surface area contributed by atoms with E-state index in [9.17, 15) is 18.8 Å². The molecule has 8 rings (SSSR count). The number of amides is 1. The van der Waals surface area contributed by atoms with Crippen molar-refractivity contribution in [2.45, 2.75) is 43.9 Å². The van der Waals surface area contributed by atoms with E-state index in [2.05, 4.69) is 30.9 Å². The molecule has 0 radical (unpaired) electrons. The van der Waals surface area contributed by atoms with Crippen LogP contribution in [-0.2, 0) is 4.79 Å². The Labute approximate surface area is 309 Å². The summed E-state index contributed by atoms with van der Waals surface area (Å²) in [4.78, 5) is 35.2. The number of rotatable bonds is 6. The maximum absolute atomic E-state index is 16.3. The van der Waals surface area contributed by atoms with Gasteiger partial charge in [0.25, 0.3) is 5.91 Å². The van der Waals surface area contributed by atoms with Crippen LogP contribution in [-0.4, -0.2) is 93.7 Å². The standard InChI is InChI=1S/C32H24ClF2N7O2.C7H12FN/c1-44-32-39-29-23(10-9-22(28(29)35)21-7-2-5-19-6-3-8-24(33)27(19)21)30(40-32)41-15-16-42(20(18-41)11-12-36)31(43)25(34)17-26-37-13-4-14-38-26;8-6-4-7-2-1-3-9(7)5-6/h2-10,13-14,17,20H,11,15-16,18H2,1H3;6-7H,1-5H2/b25-17-;. The third kappa shape index (κ3) is 7.47. The highest BCUT2D eigenvalue weighted by atomic mass is 35.5. The Balaban J connectivity index is 0.000000418. The molecule has 3 atom stereocenters. The minimum atomic E-state index is -1.04. The predicted octanol–water partition coefficient (Wildman–Crippen LogP) is 7.18. The van der Waals surface area contributed by atoms with Crippen LogP contribution in [0.15, 0.2) is 72.8 Å². The number of methoxy groups -OCH3 is 1. The average molecular weight is 741 g/mol. The molecular weight excluding hydrogens is 705 g/mol. The Hall–Kier alpha value is -5.32. The molecule has 5 aromatic rings. The third-order valence-corrected chi connectivity index (χ3v) is 10.3. The lowest BCUT2D eigenvalue weighted by Gasteiger charge is -2.41. The summed E-state index contributed by atoms with van der Waals surface area (Å²) in [6, 6.07) is 18.0. The highest BCUT2D eigenvalue weighted by molar-refractivity contribution is 6.36. The summed E-state index contributed by atoms with van der Waals surface area (Å²) in [5.41, 5.74) is 0.967. The maximum Gasteiger partial charge on any atom is 0.318 e. The van der Waals surface area contributed by atoms with Crippen molar-refractivity contribution in [3.05, 3.63) is 89.5 Å². The van der Waals surface area contributed by atoms with Crippen LogP contribution >= 0.6 is 11.6 Å². The van der Waals surface area contributed by atoms with E-state index in [0.717, 1.165) is 29.8 Å². The number of aromatic nitrogens is 4. The molecule has 1 amide bonds. The molecule has 3 aromatic carbocycles. The Morgan fingerprint density at radius 3 is 2.58 bits per heavy atom. The molecule has 0 N–H and O–H groups in total. The molecule has 3 aliphatic heterocycles. The fraction of sp³-hybridized carbons (Fsp3) is 0.333. The Bertz CT molecular complexity index is 2200.